The van der Waals surface area contributed by atoms with Gasteiger partial charge >= 0.3 is 0 Å². The second-order valence-electron chi connectivity index (χ2n) is 6.16. The second-order valence-corrected chi connectivity index (χ2v) is 6.16. The summed E-state index contributed by atoms with van der Waals surface area (Å²) in [5, 5.41) is 3.17. The predicted octanol–water partition coefficient (Wildman–Crippen LogP) is 4.06. The van der Waals surface area contributed by atoms with Crippen LogP contribution in [0.2, 0.25) is 0 Å². The van der Waals surface area contributed by atoms with Crippen LogP contribution in [0.1, 0.15) is 43.7 Å². The summed E-state index contributed by atoms with van der Waals surface area (Å²) in [7, 11) is 0. The van der Waals surface area contributed by atoms with Gasteiger partial charge in [0.15, 0.2) is 0 Å². The number of anilines is 1. The molecule has 0 bridgehead atoms. The van der Waals surface area contributed by atoms with Crippen LogP contribution in [0.25, 0.3) is 0 Å². The Balaban J connectivity index is 2.05. The number of carbonyl (C=O) groups excluding carboxylic acids is 1. The molecule has 1 aliphatic heterocycles. The Labute approximate surface area is 134 Å². The van der Waals surface area contributed by atoms with Crippen molar-refractivity contribution in [3.63, 3.8) is 0 Å². The molecule has 1 aromatic rings. The fourth-order valence-corrected chi connectivity index (χ4v) is 3.18. The molecule has 120 valence electrons. The molecule has 1 aromatic carbocycles. The zero-order chi connectivity index (χ0) is 15.9. The molecule has 1 fully saturated rings. The van der Waals surface area contributed by atoms with E-state index in [1.807, 2.05) is 39.0 Å². The van der Waals surface area contributed by atoms with Crippen LogP contribution in [0, 0.1) is 13.8 Å². The first-order chi connectivity index (χ1) is 10.6. The number of likely N-dealkylation sites (tertiary alicyclic amines) is 1. The minimum atomic E-state index is 0.0120. The van der Waals surface area contributed by atoms with Gasteiger partial charge in [-0.15, -0.1) is 0 Å². The third-order valence-corrected chi connectivity index (χ3v) is 4.46. The number of amides is 1. The molecule has 1 aliphatic rings. The number of hydrogen-bond acceptors (Lipinski definition) is 2. The largest absolute Gasteiger partial charge is 0.324 e. The van der Waals surface area contributed by atoms with Crippen LogP contribution >= 0.6 is 0 Å². The average molecular weight is 300 g/mol. The number of para-hydroxylation sites is 1. The number of rotatable bonds is 5. The normalized spacial score (nSPS) is 19.5. The Kier molecular flexibility index (Phi) is 6.20. The molecular formula is C19H28N2O. The Morgan fingerprint density at radius 1 is 1.32 bits per heavy atom. The highest BCUT2D eigenvalue weighted by Crippen LogP contribution is 2.23. The van der Waals surface area contributed by atoms with E-state index in [1.165, 1.54) is 6.42 Å². The van der Waals surface area contributed by atoms with Crippen molar-refractivity contribution in [3.8, 4) is 0 Å². The van der Waals surface area contributed by atoms with E-state index in [0.29, 0.717) is 0 Å². The first kappa shape index (κ1) is 16.8. The van der Waals surface area contributed by atoms with Crippen molar-refractivity contribution in [1.82, 2.24) is 4.90 Å². The highest BCUT2D eigenvalue weighted by Gasteiger charge is 2.28. The highest BCUT2D eigenvalue weighted by molar-refractivity contribution is 5.96. The molecule has 0 radical (unpaired) electrons. The first-order valence-electron chi connectivity index (χ1n) is 8.35. The van der Waals surface area contributed by atoms with E-state index >= 15 is 0 Å². The van der Waals surface area contributed by atoms with Gasteiger partial charge < -0.3 is 5.32 Å². The SMILES string of the molecule is C/C=C/CCN1CCCC[C@H]1C(=O)Nc1c(C)cccc1C. The summed E-state index contributed by atoms with van der Waals surface area (Å²) in [5.41, 5.74) is 3.24. The molecule has 0 saturated carbocycles. The van der Waals surface area contributed by atoms with Gasteiger partial charge in [-0.1, -0.05) is 36.8 Å². The third kappa shape index (κ3) is 4.20. The maximum atomic E-state index is 12.7. The van der Waals surface area contributed by atoms with Crippen LogP contribution in [0.4, 0.5) is 5.69 Å². The van der Waals surface area contributed by atoms with Gasteiger partial charge in [0, 0.05) is 12.2 Å². The number of hydrogen-bond donors (Lipinski definition) is 1. The van der Waals surface area contributed by atoms with Gasteiger partial charge in [-0.3, -0.25) is 9.69 Å². The monoisotopic (exact) mass is 300 g/mol. The fourth-order valence-electron chi connectivity index (χ4n) is 3.18. The Bertz CT molecular complexity index is 516. The number of nitrogens with one attached hydrogen (secondary N) is 1. The van der Waals surface area contributed by atoms with Crippen molar-refractivity contribution >= 4 is 11.6 Å². The van der Waals surface area contributed by atoms with E-state index in [0.717, 1.165) is 49.2 Å². The van der Waals surface area contributed by atoms with Crippen LogP contribution in [0.15, 0.2) is 30.4 Å². The summed E-state index contributed by atoms with van der Waals surface area (Å²) in [4.78, 5) is 15.1. The number of aryl methyl sites for hydroxylation is 2. The van der Waals surface area contributed by atoms with Crippen LogP contribution in [0.3, 0.4) is 0 Å². The predicted molar refractivity (Wildman–Crippen MR) is 93.2 cm³/mol. The lowest BCUT2D eigenvalue weighted by atomic mass is 10.0. The van der Waals surface area contributed by atoms with E-state index in [4.69, 9.17) is 0 Å². The number of piperidine rings is 1. The van der Waals surface area contributed by atoms with Crippen molar-refractivity contribution in [3.05, 3.63) is 41.5 Å². The van der Waals surface area contributed by atoms with Crippen molar-refractivity contribution in [2.45, 2.75) is 52.5 Å². The van der Waals surface area contributed by atoms with Crippen LogP contribution in [0.5, 0.6) is 0 Å². The number of allylic oxidation sites excluding steroid dienone is 1. The molecule has 22 heavy (non-hydrogen) atoms. The highest BCUT2D eigenvalue weighted by atomic mass is 16.2. The van der Waals surface area contributed by atoms with Crippen LogP contribution < -0.4 is 5.32 Å². The summed E-state index contributed by atoms with van der Waals surface area (Å²) in [6.45, 7) is 8.14. The lowest BCUT2D eigenvalue weighted by molar-refractivity contribution is -0.122. The van der Waals surface area contributed by atoms with Crippen molar-refractivity contribution in [2.24, 2.45) is 0 Å². The summed E-state index contributed by atoms with van der Waals surface area (Å²) in [6, 6.07) is 6.14. The molecule has 1 atom stereocenters. The maximum absolute atomic E-state index is 12.7. The lowest BCUT2D eigenvalue weighted by Gasteiger charge is -2.34. The Morgan fingerprint density at radius 3 is 2.73 bits per heavy atom. The number of carbonyl (C=O) groups is 1. The second kappa shape index (κ2) is 8.14. The van der Waals surface area contributed by atoms with Crippen molar-refractivity contribution in [1.29, 1.82) is 0 Å². The molecule has 1 heterocycles. The van der Waals surface area contributed by atoms with Crippen molar-refractivity contribution in [2.75, 3.05) is 18.4 Å². The van der Waals surface area contributed by atoms with E-state index in [9.17, 15) is 4.79 Å². The summed E-state index contributed by atoms with van der Waals surface area (Å²) >= 11 is 0. The molecule has 1 amide bonds. The minimum absolute atomic E-state index is 0.0120. The molecule has 0 aromatic heterocycles. The van der Waals surface area contributed by atoms with Crippen molar-refractivity contribution < 1.29 is 4.79 Å². The van der Waals surface area contributed by atoms with Gasteiger partial charge in [0.2, 0.25) is 5.91 Å². The van der Waals surface area contributed by atoms with E-state index < -0.39 is 0 Å². The van der Waals surface area contributed by atoms with Crippen LogP contribution in [-0.4, -0.2) is 29.9 Å². The molecule has 0 spiro atoms. The molecular weight excluding hydrogens is 272 g/mol. The average Bonchev–Trinajstić information content (AvgIpc) is 2.51. The zero-order valence-corrected chi connectivity index (χ0v) is 14.1. The summed E-state index contributed by atoms with van der Waals surface area (Å²) < 4.78 is 0. The van der Waals surface area contributed by atoms with Crippen LogP contribution in [-0.2, 0) is 4.79 Å². The number of benzene rings is 1. The summed E-state index contributed by atoms with van der Waals surface area (Å²) in [6.07, 6.45) is 8.58. The Hall–Kier alpha value is -1.61. The first-order valence-corrected chi connectivity index (χ1v) is 8.35. The molecule has 2 rings (SSSR count). The molecule has 1 saturated heterocycles. The minimum Gasteiger partial charge on any atom is -0.324 e. The van der Waals surface area contributed by atoms with E-state index in [1.54, 1.807) is 0 Å². The topological polar surface area (TPSA) is 32.3 Å². The van der Waals surface area contributed by atoms with Gasteiger partial charge in [0.05, 0.1) is 6.04 Å². The van der Waals surface area contributed by atoms with Gasteiger partial charge in [0.25, 0.3) is 0 Å². The quantitative estimate of drug-likeness (QED) is 0.832. The maximum Gasteiger partial charge on any atom is 0.241 e. The van der Waals surface area contributed by atoms with Gasteiger partial charge in [-0.05, 0) is 57.7 Å². The molecule has 1 N–H and O–H groups in total. The fraction of sp³-hybridized carbons (Fsp3) is 0.526. The molecule has 3 heteroatoms. The van der Waals surface area contributed by atoms with E-state index in [2.05, 4.69) is 22.4 Å². The lowest BCUT2D eigenvalue weighted by Crippen LogP contribution is -2.47. The third-order valence-electron chi connectivity index (χ3n) is 4.46. The van der Waals surface area contributed by atoms with Gasteiger partial charge in [-0.25, -0.2) is 0 Å². The van der Waals surface area contributed by atoms with E-state index in [-0.39, 0.29) is 11.9 Å². The number of nitrogens with zero attached hydrogens (tertiary/aromatic N) is 1. The van der Waals surface area contributed by atoms with Gasteiger partial charge in [-0.2, -0.15) is 0 Å². The Morgan fingerprint density at radius 2 is 2.05 bits per heavy atom. The zero-order valence-electron chi connectivity index (χ0n) is 14.1. The van der Waals surface area contributed by atoms with Gasteiger partial charge in [0.1, 0.15) is 0 Å². The smallest absolute Gasteiger partial charge is 0.241 e. The summed E-state index contributed by atoms with van der Waals surface area (Å²) in [5.74, 6) is 0.151. The molecule has 3 nitrogen and oxygen atoms in total. The standard InChI is InChI=1S/C19H28N2O/c1-4-5-7-13-21-14-8-6-12-17(21)19(22)20-18-15(2)10-9-11-16(18)3/h4-5,9-11,17H,6-8,12-14H2,1-3H3,(H,20,22)/b5-4+/t17-/m0/s1. The molecule has 0 aliphatic carbocycles. The molecule has 0 unspecified atom stereocenters.